The molecule has 1 saturated carbocycles. The van der Waals surface area contributed by atoms with Crippen molar-refractivity contribution in [2.45, 2.75) is 32.4 Å². The molecule has 2 amide bonds. The lowest BCUT2D eigenvalue weighted by Gasteiger charge is -2.07. The number of nitrogens with one attached hydrogen (secondary N) is 3. The first-order valence-corrected chi connectivity index (χ1v) is 6.79. The maximum Gasteiger partial charge on any atom is 0.315 e. The minimum atomic E-state index is -0.212. The summed E-state index contributed by atoms with van der Waals surface area (Å²) < 4.78 is 0. The fourth-order valence-corrected chi connectivity index (χ4v) is 2.14. The molecule has 0 bridgehead atoms. The SMILES string of the molecule is Cc1ccc2[nH]c(=O)c(CNC(=O)NC3CC3)cc2c1. The highest BCUT2D eigenvalue weighted by Crippen LogP contribution is 2.18. The van der Waals surface area contributed by atoms with Crippen molar-refractivity contribution in [3.8, 4) is 0 Å². The number of hydrogen-bond donors (Lipinski definition) is 3. The number of rotatable bonds is 3. The van der Waals surface area contributed by atoms with Gasteiger partial charge in [0, 0.05) is 23.7 Å². The van der Waals surface area contributed by atoms with Gasteiger partial charge in [0.05, 0.1) is 0 Å². The standard InChI is InChI=1S/C15H17N3O2/c1-9-2-5-13-10(6-9)7-11(14(19)18-13)8-16-15(20)17-12-3-4-12/h2,5-7,12H,3-4,8H2,1H3,(H,18,19)(H2,16,17,20). The van der Waals surface area contributed by atoms with E-state index in [4.69, 9.17) is 0 Å². The van der Waals surface area contributed by atoms with E-state index in [1.807, 2.05) is 31.2 Å². The molecule has 0 unspecified atom stereocenters. The predicted molar refractivity (Wildman–Crippen MR) is 77.7 cm³/mol. The Morgan fingerprint density at radius 2 is 2.15 bits per heavy atom. The Kier molecular flexibility index (Phi) is 3.18. The molecular weight excluding hydrogens is 254 g/mol. The lowest BCUT2D eigenvalue weighted by atomic mass is 10.1. The molecule has 3 rings (SSSR count). The highest BCUT2D eigenvalue weighted by molar-refractivity contribution is 5.80. The Morgan fingerprint density at radius 1 is 1.35 bits per heavy atom. The van der Waals surface area contributed by atoms with Gasteiger partial charge in [-0.2, -0.15) is 0 Å². The molecule has 0 atom stereocenters. The van der Waals surface area contributed by atoms with Crippen LogP contribution in [0.5, 0.6) is 0 Å². The number of aromatic amines is 1. The van der Waals surface area contributed by atoms with Crippen LogP contribution in [0.1, 0.15) is 24.0 Å². The van der Waals surface area contributed by atoms with Gasteiger partial charge < -0.3 is 15.6 Å². The van der Waals surface area contributed by atoms with Gasteiger partial charge in [0.1, 0.15) is 0 Å². The second-order valence-corrected chi connectivity index (χ2v) is 5.32. The summed E-state index contributed by atoms with van der Waals surface area (Å²) in [5, 5.41) is 6.52. The molecule has 0 spiro atoms. The van der Waals surface area contributed by atoms with Crippen LogP contribution in [-0.2, 0) is 6.54 Å². The number of fused-ring (bicyclic) bond motifs is 1. The monoisotopic (exact) mass is 271 g/mol. The summed E-state index contributed by atoms with van der Waals surface area (Å²) in [6.45, 7) is 2.24. The molecule has 1 aromatic heterocycles. The van der Waals surface area contributed by atoms with Gasteiger partial charge in [0.25, 0.3) is 5.56 Å². The van der Waals surface area contributed by atoms with Crippen molar-refractivity contribution in [1.29, 1.82) is 0 Å². The molecular formula is C15H17N3O2. The maximum atomic E-state index is 11.9. The first-order valence-electron chi connectivity index (χ1n) is 6.79. The summed E-state index contributed by atoms with van der Waals surface area (Å²) in [5.74, 6) is 0. The van der Waals surface area contributed by atoms with Gasteiger partial charge in [-0.05, 0) is 43.4 Å². The number of urea groups is 1. The van der Waals surface area contributed by atoms with E-state index in [2.05, 4.69) is 15.6 Å². The van der Waals surface area contributed by atoms with Crippen LogP contribution in [0.15, 0.2) is 29.1 Å². The van der Waals surface area contributed by atoms with Crippen molar-refractivity contribution >= 4 is 16.9 Å². The van der Waals surface area contributed by atoms with Crippen LogP contribution in [-0.4, -0.2) is 17.1 Å². The van der Waals surface area contributed by atoms with Gasteiger partial charge in [0.2, 0.25) is 0 Å². The van der Waals surface area contributed by atoms with Crippen molar-refractivity contribution in [3.05, 3.63) is 45.7 Å². The largest absolute Gasteiger partial charge is 0.335 e. The summed E-state index contributed by atoms with van der Waals surface area (Å²) in [6, 6.07) is 7.80. The van der Waals surface area contributed by atoms with Crippen LogP contribution in [0, 0.1) is 6.92 Å². The number of H-pyrrole nitrogens is 1. The highest BCUT2D eigenvalue weighted by Gasteiger charge is 2.23. The van der Waals surface area contributed by atoms with E-state index in [0.717, 1.165) is 29.3 Å². The highest BCUT2D eigenvalue weighted by atomic mass is 16.2. The summed E-state index contributed by atoms with van der Waals surface area (Å²) in [7, 11) is 0. The van der Waals surface area contributed by atoms with Crippen LogP contribution in [0.4, 0.5) is 4.79 Å². The zero-order valence-electron chi connectivity index (χ0n) is 11.3. The van der Waals surface area contributed by atoms with E-state index in [-0.39, 0.29) is 18.1 Å². The number of aromatic nitrogens is 1. The van der Waals surface area contributed by atoms with E-state index in [1.54, 1.807) is 0 Å². The number of benzene rings is 1. The fraction of sp³-hybridized carbons (Fsp3) is 0.333. The van der Waals surface area contributed by atoms with Crippen LogP contribution in [0.25, 0.3) is 10.9 Å². The van der Waals surface area contributed by atoms with Crippen LogP contribution >= 0.6 is 0 Å². The second kappa shape index (κ2) is 5.00. The average molecular weight is 271 g/mol. The minimum absolute atomic E-state index is 0.159. The number of carbonyl (C=O) groups is 1. The van der Waals surface area contributed by atoms with E-state index < -0.39 is 0 Å². The number of aryl methyl sites for hydroxylation is 1. The molecule has 104 valence electrons. The summed E-state index contributed by atoms with van der Waals surface area (Å²) in [4.78, 5) is 26.3. The van der Waals surface area contributed by atoms with Gasteiger partial charge in [-0.1, -0.05) is 11.6 Å². The van der Waals surface area contributed by atoms with E-state index in [9.17, 15) is 9.59 Å². The molecule has 1 aromatic carbocycles. The number of hydrogen-bond acceptors (Lipinski definition) is 2. The molecule has 1 aliphatic rings. The summed E-state index contributed by atoms with van der Waals surface area (Å²) in [6.07, 6.45) is 2.09. The average Bonchev–Trinajstić information content (AvgIpc) is 3.20. The quantitative estimate of drug-likeness (QED) is 0.796. The predicted octanol–water partition coefficient (Wildman–Crippen LogP) is 1.80. The minimum Gasteiger partial charge on any atom is -0.335 e. The molecule has 1 heterocycles. The first kappa shape index (κ1) is 12.7. The Bertz CT molecular complexity index is 717. The van der Waals surface area contributed by atoms with Crippen LogP contribution in [0.2, 0.25) is 0 Å². The smallest absolute Gasteiger partial charge is 0.315 e. The molecule has 0 saturated heterocycles. The van der Waals surface area contributed by atoms with Gasteiger partial charge in [0.15, 0.2) is 0 Å². The zero-order chi connectivity index (χ0) is 14.1. The Labute approximate surface area is 116 Å². The Balaban J connectivity index is 1.77. The molecule has 1 fully saturated rings. The third-order valence-corrected chi connectivity index (χ3v) is 3.43. The molecule has 1 aliphatic carbocycles. The lowest BCUT2D eigenvalue weighted by Crippen LogP contribution is -2.37. The number of carbonyl (C=O) groups excluding carboxylic acids is 1. The lowest BCUT2D eigenvalue weighted by molar-refractivity contribution is 0.240. The van der Waals surface area contributed by atoms with Crippen LogP contribution < -0.4 is 16.2 Å². The number of amides is 2. The zero-order valence-corrected chi connectivity index (χ0v) is 11.3. The van der Waals surface area contributed by atoms with Crippen molar-refractivity contribution in [2.75, 3.05) is 0 Å². The van der Waals surface area contributed by atoms with Gasteiger partial charge in [-0.15, -0.1) is 0 Å². The third-order valence-electron chi connectivity index (χ3n) is 3.43. The van der Waals surface area contributed by atoms with Gasteiger partial charge in [-0.3, -0.25) is 4.79 Å². The second-order valence-electron chi connectivity index (χ2n) is 5.32. The van der Waals surface area contributed by atoms with E-state index in [0.29, 0.717) is 11.6 Å². The van der Waals surface area contributed by atoms with Crippen LogP contribution in [0.3, 0.4) is 0 Å². The summed E-state index contributed by atoms with van der Waals surface area (Å²) in [5.41, 5.74) is 2.35. The summed E-state index contributed by atoms with van der Waals surface area (Å²) >= 11 is 0. The fourth-order valence-electron chi connectivity index (χ4n) is 2.14. The molecule has 5 heteroatoms. The normalized spacial score (nSPS) is 14.2. The van der Waals surface area contributed by atoms with Crippen molar-refractivity contribution in [3.63, 3.8) is 0 Å². The Morgan fingerprint density at radius 3 is 2.90 bits per heavy atom. The topological polar surface area (TPSA) is 74.0 Å². The van der Waals surface area contributed by atoms with Crippen molar-refractivity contribution in [2.24, 2.45) is 0 Å². The van der Waals surface area contributed by atoms with Gasteiger partial charge >= 0.3 is 6.03 Å². The van der Waals surface area contributed by atoms with E-state index >= 15 is 0 Å². The molecule has 2 aromatic rings. The first-order chi connectivity index (χ1) is 9.61. The molecule has 0 aliphatic heterocycles. The van der Waals surface area contributed by atoms with E-state index in [1.165, 1.54) is 0 Å². The van der Waals surface area contributed by atoms with Crippen molar-refractivity contribution < 1.29 is 4.79 Å². The van der Waals surface area contributed by atoms with Crippen molar-refractivity contribution in [1.82, 2.24) is 15.6 Å². The molecule has 3 N–H and O–H groups in total. The third kappa shape index (κ3) is 2.82. The number of pyridine rings is 1. The van der Waals surface area contributed by atoms with Gasteiger partial charge in [-0.25, -0.2) is 4.79 Å². The molecule has 20 heavy (non-hydrogen) atoms. The molecule has 5 nitrogen and oxygen atoms in total. The molecule has 0 radical (unpaired) electrons. The maximum absolute atomic E-state index is 11.9. The Hall–Kier alpha value is -2.30.